The molecular formula is C25H23ClFN3O4. The van der Waals surface area contributed by atoms with Crippen molar-refractivity contribution in [3.05, 3.63) is 88.7 Å². The molecule has 3 aromatic rings. The second-order valence-corrected chi connectivity index (χ2v) is 7.85. The summed E-state index contributed by atoms with van der Waals surface area (Å²) in [5, 5.41) is 8.28. The molecule has 0 aliphatic carbocycles. The van der Waals surface area contributed by atoms with Crippen LogP contribution in [-0.2, 0) is 9.59 Å². The molecule has 3 rings (SSSR count). The van der Waals surface area contributed by atoms with Gasteiger partial charge in [-0.05, 0) is 42.0 Å². The van der Waals surface area contributed by atoms with Crippen LogP contribution in [0.1, 0.15) is 35.3 Å². The van der Waals surface area contributed by atoms with E-state index >= 15 is 0 Å². The van der Waals surface area contributed by atoms with E-state index in [9.17, 15) is 18.8 Å². The predicted octanol–water partition coefficient (Wildman–Crippen LogP) is 4.95. The largest absolute Gasteiger partial charge is 0.495 e. The summed E-state index contributed by atoms with van der Waals surface area (Å²) < 4.78 is 19.4. The van der Waals surface area contributed by atoms with Crippen LogP contribution in [0.3, 0.4) is 0 Å². The van der Waals surface area contributed by atoms with E-state index in [1.807, 2.05) is 30.3 Å². The van der Waals surface area contributed by atoms with Gasteiger partial charge in [0, 0.05) is 17.6 Å². The summed E-state index contributed by atoms with van der Waals surface area (Å²) >= 11 is 5.75. The lowest BCUT2D eigenvalue weighted by atomic mass is 10.0. The summed E-state index contributed by atoms with van der Waals surface area (Å²) in [6.45, 7) is 1.38. The van der Waals surface area contributed by atoms with Gasteiger partial charge in [-0.3, -0.25) is 14.4 Å². The van der Waals surface area contributed by atoms with Gasteiger partial charge in [0.05, 0.1) is 30.8 Å². The summed E-state index contributed by atoms with van der Waals surface area (Å²) in [5.41, 5.74) is 1.22. The molecular weight excluding hydrogens is 461 g/mol. The number of benzene rings is 3. The Balaban J connectivity index is 1.76. The highest BCUT2D eigenvalue weighted by Gasteiger charge is 2.19. The number of anilines is 2. The van der Waals surface area contributed by atoms with Crippen LogP contribution in [-0.4, -0.2) is 24.8 Å². The Morgan fingerprint density at radius 1 is 1.00 bits per heavy atom. The molecule has 0 saturated carbocycles. The minimum absolute atomic E-state index is 0.00665. The van der Waals surface area contributed by atoms with E-state index < -0.39 is 17.8 Å². The highest BCUT2D eigenvalue weighted by Crippen LogP contribution is 2.29. The zero-order valence-corrected chi connectivity index (χ0v) is 19.3. The lowest BCUT2D eigenvalue weighted by Gasteiger charge is -2.18. The Morgan fingerprint density at radius 2 is 1.74 bits per heavy atom. The van der Waals surface area contributed by atoms with Gasteiger partial charge < -0.3 is 20.7 Å². The number of methoxy groups -OCH3 is 1. The van der Waals surface area contributed by atoms with E-state index in [4.69, 9.17) is 16.3 Å². The molecule has 0 radical (unpaired) electrons. The summed E-state index contributed by atoms with van der Waals surface area (Å²) in [6.07, 6.45) is -0.00665. The van der Waals surface area contributed by atoms with Crippen molar-refractivity contribution < 1.29 is 23.5 Å². The van der Waals surface area contributed by atoms with E-state index in [0.29, 0.717) is 11.4 Å². The minimum atomic E-state index is -0.765. The fourth-order valence-electron chi connectivity index (χ4n) is 3.33. The third-order valence-corrected chi connectivity index (χ3v) is 5.11. The molecule has 0 saturated heterocycles. The van der Waals surface area contributed by atoms with Crippen molar-refractivity contribution >= 4 is 40.7 Å². The van der Waals surface area contributed by atoms with Gasteiger partial charge >= 0.3 is 0 Å². The number of carbonyl (C=O) groups is 3. The maximum Gasteiger partial charge on any atom is 0.258 e. The molecule has 0 bridgehead atoms. The van der Waals surface area contributed by atoms with Crippen LogP contribution in [0.5, 0.6) is 5.75 Å². The highest BCUT2D eigenvalue weighted by molar-refractivity contribution is 6.30. The smallest absolute Gasteiger partial charge is 0.258 e. The summed E-state index contributed by atoms with van der Waals surface area (Å²) in [4.78, 5) is 36.9. The van der Waals surface area contributed by atoms with Crippen molar-refractivity contribution in [3.63, 3.8) is 0 Å². The number of hydrogen-bond donors (Lipinski definition) is 3. The summed E-state index contributed by atoms with van der Waals surface area (Å²) in [6, 6.07) is 17.0. The first-order chi connectivity index (χ1) is 16.3. The van der Waals surface area contributed by atoms with Crippen molar-refractivity contribution in [2.45, 2.75) is 19.4 Å². The topological polar surface area (TPSA) is 96.5 Å². The fourth-order valence-corrected chi connectivity index (χ4v) is 3.49. The van der Waals surface area contributed by atoms with Gasteiger partial charge in [-0.25, -0.2) is 4.39 Å². The Hall–Kier alpha value is -3.91. The molecule has 1 unspecified atom stereocenters. The van der Waals surface area contributed by atoms with Crippen LogP contribution in [0.25, 0.3) is 0 Å². The molecule has 176 valence electrons. The Kier molecular flexibility index (Phi) is 8.21. The predicted molar refractivity (Wildman–Crippen MR) is 129 cm³/mol. The Labute approximate surface area is 201 Å². The molecule has 7 nitrogen and oxygen atoms in total. The second kappa shape index (κ2) is 11.3. The molecule has 0 heterocycles. The molecule has 3 N–H and O–H groups in total. The van der Waals surface area contributed by atoms with E-state index in [2.05, 4.69) is 16.0 Å². The van der Waals surface area contributed by atoms with Gasteiger partial charge in [0.15, 0.2) is 0 Å². The number of halogens is 2. The number of nitrogens with one attached hydrogen (secondary N) is 3. The van der Waals surface area contributed by atoms with E-state index in [0.717, 1.165) is 11.6 Å². The quantitative estimate of drug-likeness (QED) is 0.422. The number of amides is 3. The Bertz CT molecular complexity index is 1200. The van der Waals surface area contributed by atoms with E-state index in [1.54, 1.807) is 12.1 Å². The normalized spacial score (nSPS) is 11.3. The summed E-state index contributed by atoms with van der Waals surface area (Å²) in [7, 11) is 1.42. The molecule has 0 aliphatic heterocycles. The van der Waals surface area contributed by atoms with Crippen molar-refractivity contribution in [3.8, 4) is 5.75 Å². The molecule has 0 aromatic heterocycles. The minimum Gasteiger partial charge on any atom is -0.495 e. The molecule has 0 fully saturated rings. The first-order valence-electron chi connectivity index (χ1n) is 10.3. The SMILES string of the molecule is COc1ccc(NC(=O)CC(NC(C)=O)c2ccccc2)cc1NC(=O)c1ccc(Cl)cc1F. The van der Waals surface area contributed by atoms with Crippen LogP contribution >= 0.6 is 11.6 Å². The second-order valence-electron chi connectivity index (χ2n) is 7.41. The van der Waals surface area contributed by atoms with Gasteiger partial charge in [-0.2, -0.15) is 0 Å². The fraction of sp³-hybridized carbons (Fsp3) is 0.160. The average Bonchev–Trinajstić information content (AvgIpc) is 2.79. The Morgan fingerprint density at radius 3 is 2.38 bits per heavy atom. The van der Waals surface area contributed by atoms with Gasteiger partial charge in [0.2, 0.25) is 11.8 Å². The van der Waals surface area contributed by atoms with Crippen molar-refractivity contribution in [1.29, 1.82) is 0 Å². The number of rotatable bonds is 8. The summed E-state index contributed by atoms with van der Waals surface area (Å²) in [5.74, 6) is -1.76. The van der Waals surface area contributed by atoms with Crippen molar-refractivity contribution in [2.24, 2.45) is 0 Å². The molecule has 3 aromatic carbocycles. The monoisotopic (exact) mass is 483 g/mol. The maximum atomic E-state index is 14.1. The maximum absolute atomic E-state index is 14.1. The first kappa shape index (κ1) is 24.7. The standard InChI is InChI=1S/C25H23ClFN3O4/c1-15(31)28-21(16-6-4-3-5-7-16)14-24(32)29-18-9-11-23(34-2)22(13-18)30-25(33)19-10-8-17(26)12-20(19)27/h3-13,21H,14H2,1-2H3,(H,28,31)(H,29,32)(H,30,33). The lowest BCUT2D eigenvalue weighted by molar-refractivity contribution is -0.120. The third kappa shape index (κ3) is 6.55. The highest BCUT2D eigenvalue weighted by atomic mass is 35.5. The zero-order valence-electron chi connectivity index (χ0n) is 18.5. The molecule has 34 heavy (non-hydrogen) atoms. The van der Waals surface area contributed by atoms with Gasteiger partial charge in [-0.15, -0.1) is 0 Å². The molecule has 1 atom stereocenters. The number of carbonyl (C=O) groups excluding carboxylic acids is 3. The first-order valence-corrected chi connectivity index (χ1v) is 10.7. The van der Waals surface area contributed by atoms with Crippen LogP contribution in [0, 0.1) is 5.82 Å². The van der Waals surface area contributed by atoms with Gasteiger partial charge in [0.1, 0.15) is 11.6 Å². The van der Waals surface area contributed by atoms with Crippen LogP contribution < -0.4 is 20.7 Å². The molecule has 0 aliphatic rings. The third-order valence-electron chi connectivity index (χ3n) is 4.88. The number of ether oxygens (including phenoxy) is 1. The van der Waals surface area contributed by atoms with Gasteiger partial charge in [-0.1, -0.05) is 41.9 Å². The van der Waals surface area contributed by atoms with Crippen LogP contribution in [0.2, 0.25) is 5.02 Å². The molecule has 9 heteroatoms. The van der Waals surface area contributed by atoms with E-state index in [-0.39, 0.29) is 34.5 Å². The average molecular weight is 484 g/mol. The molecule has 3 amide bonds. The van der Waals surface area contributed by atoms with Gasteiger partial charge in [0.25, 0.3) is 5.91 Å². The van der Waals surface area contributed by atoms with Crippen molar-refractivity contribution in [1.82, 2.24) is 5.32 Å². The lowest BCUT2D eigenvalue weighted by Crippen LogP contribution is -2.29. The molecule has 0 spiro atoms. The zero-order chi connectivity index (χ0) is 24.7. The van der Waals surface area contributed by atoms with E-state index in [1.165, 1.54) is 32.2 Å². The number of hydrogen-bond acceptors (Lipinski definition) is 4. The van der Waals surface area contributed by atoms with Crippen molar-refractivity contribution in [2.75, 3.05) is 17.7 Å². The van der Waals surface area contributed by atoms with Crippen LogP contribution in [0.4, 0.5) is 15.8 Å². The van der Waals surface area contributed by atoms with Crippen LogP contribution in [0.15, 0.2) is 66.7 Å².